The van der Waals surface area contributed by atoms with Crippen molar-refractivity contribution in [2.24, 2.45) is 0 Å². The zero-order chi connectivity index (χ0) is 18.9. The molecule has 0 unspecified atom stereocenters. The van der Waals surface area contributed by atoms with Gasteiger partial charge in [-0.15, -0.1) is 0 Å². The lowest BCUT2D eigenvalue weighted by atomic mass is 10.0. The maximum absolute atomic E-state index is 4.31. The summed E-state index contributed by atoms with van der Waals surface area (Å²) in [6.07, 6.45) is 8.67. The van der Waals surface area contributed by atoms with E-state index < -0.39 is 0 Å². The molecule has 144 valence electrons. The van der Waals surface area contributed by atoms with E-state index >= 15 is 0 Å². The summed E-state index contributed by atoms with van der Waals surface area (Å²) < 4.78 is 2.12. The Balaban J connectivity index is 1.16. The highest BCUT2D eigenvalue weighted by molar-refractivity contribution is 5.51. The van der Waals surface area contributed by atoms with Crippen LogP contribution >= 0.6 is 0 Å². The fraction of sp³-hybridized carbons (Fsp3) is 0.375. The third-order valence-electron chi connectivity index (χ3n) is 6.34. The van der Waals surface area contributed by atoms with Crippen molar-refractivity contribution >= 4 is 5.69 Å². The summed E-state index contributed by atoms with van der Waals surface area (Å²) in [6, 6.07) is 19.1. The molecule has 5 rings (SSSR count). The molecule has 0 saturated carbocycles. The van der Waals surface area contributed by atoms with Gasteiger partial charge in [-0.3, -0.25) is 0 Å². The number of anilines is 1. The lowest BCUT2D eigenvalue weighted by Gasteiger charge is -2.35. The van der Waals surface area contributed by atoms with E-state index in [2.05, 4.69) is 68.3 Å². The molecule has 0 radical (unpaired) electrons. The molecule has 2 aromatic carbocycles. The summed E-state index contributed by atoms with van der Waals surface area (Å²) >= 11 is 0. The highest BCUT2D eigenvalue weighted by Gasteiger charge is 2.26. The van der Waals surface area contributed by atoms with E-state index in [0.29, 0.717) is 12.1 Å². The number of benzene rings is 2. The zero-order valence-electron chi connectivity index (χ0n) is 16.5. The minimum Gasteiger partial charge on any atom is -0.371 e. The lowest BCUT2D eigenvalue weighted by molar-refractivity contribution is 0.370. The molecule has 1 saturated heterocycles. The Morgan fingerprint density at radius 3 is 2.11 bits per heavy atom. The maximum atomic E-state index is 4.31. The first-order valence-electron chi connectivity index (χ1n) is 10.4. The highest BCUT2D eigenvalue weighted by atomic mass is 15.2. The second-order valence-corrected chi connectivity index (χ2v) is 8.16. The minimum absolute atomic E-state index is 0.617. The van der Waals surface area contributed by atoms with Gasteiger partial charge in [0, 0.05) is 48.9 Å². The topological polar surface area (TPSA) is 33.1 Å². The van der Waals surface area contributed by atoms with Crippen LogP contribution < -0.4 is 10.2 Å². The van der Waals surface area contributed by atoms with Crippen LogP contribution in [0.4, 0.5) is 5.69 Å². The average Bonchev–Trinajstić information content (AvgIpc) is 3.34. The predicted molar refractivity (Wildman–Crippen MR) is 114 cm³/mol. The Morgan fingerprint density at radius 1 is 0.857 bits per heavy atom. The fourth-order valence-corrected chi connectivity index (χ4v) is 4.79. The fourth-order valence-electron chi connectivity index (χ4n) is 4.79. The molecular weight excluding hydrogens is 344 g/mol. The molecule has 1 aliphatic heterocycles. The summed E-state index contributed by atoms with van der Waals surface area (Å²) in [5, 5.41) is 3.93. The summed E-state index contributed by atoms with van der Waals surface area (Å²) in [5.41, 5.74) is 5.57. The second-order valence-electron chi connectivity index (χ2n) is 8.16. The maximum Gasteiger partial charge on any atom is 0.110 e. The number of hydrogen-bond acceptors (Lipinski definition) is 3. The van der Waals surface area contributed by atoms with Crippen LogP contribution in [0, 0.1) is 6.92 Å². The lowest BCUT2D eigenvalue weighted by Crippen LogP contribution is -2.46. The Hall–Kier alpha value is -2.59. The molecule has 2 heterocycles. The van der Waals surface area contributed by atoms with Crippen molar-refractivity contribution < 1.29 is 0 Å². The normalized spacial score (nSPS) is 17.8. The van der Waals surface area contributed by atoms with Crippen molar-refractivity contribution in [1.82, 2.24) is 14.9 Å². The van der Waals surface area contributed by atoms with E-state index in [1.807, 2.05) is 19.3 Å². The SMILES string of the molecule is Cc1nccn1-c1ccc(N2CCC(NC3Cc4ccccc4C3)CC2)cc1. The molecule has 1 aliphatic carbocycles. The van der Waals surface area contributed by atoms with Crippen molar-refractivity contribution in [2.75, 3.05) is 18.0 Å². The quantitative estimate of drug-likeness (QED) is 0.754. The van der Waals surface area contributed by atoms with Crippen molar-refractivity contribution in [3.8, 4) is 5.69 Å². The molecule has 0 bridgehead atoms. The van der Waals surface area contributed by atoms with E-state index in [9.17, 15) is 0 Å². The Labute approximate surface area is 167 Å². The number of rotatable bonds is 4. The number of hydrogen-bond donors (Lipinski definition) is 1. The first-order valence-corrected chi connectivity index (χ1v) is 10.4. The number of imidazole rings is 1. The van der Waals surface area contributed by atoms with Crippen LogP contribution in [0.15, 0.2) is 60.9 Å². The van der Waals surface area contributed by atoms with Crippen molar-refractivity contribution in [3.05, 3.63) is 77.9 Å². The molecule has 1 aromatic heterocycles. The van der Waals surface area contributed by atoms with E-state index in [4.69, 9.17) is 0 Å². The minimum atomic E-state index is 0.617. The average molecular weight is 373 g/mol. The molecule has 1 fully saturated rings. The van der Waals surface area contributed by atoms with Crippen molar-refractivity contribution in [1.29, 1.82) is 0 Å². The second kappa shape index (κ2) is 7.44. The standard InChI is InChI=1S/C24H28N4/c1-18-25-12-15-28(18)24-8-6-23(7-9-24)27-13-10-21(11-14-27)26-22-16-19-4-2-3-5-20(19)17-22/h2-9,12,15,21-22,26H,10-11,13-14,16-17H2,1H3. The molecule has 3 aromatic rings. The first-order chi connectivity index (χ1) is 13.8. The Morgan fingerprint density at radius 2 is 1.50 bits per heavy atom. The van der Waals surface area contributed by atoms with Gasteiger partial charge in [-0.05, 0) is 68.0 Å². The molecule has 0 atom stereocenters. The molecule has 28 heavy (non-hydrogen) atoms. The van der Waals surface area contributed by atoms with Gasteiger partial charge in [0.05, 0.1) is 0 Å². The van der Waals surface area contributed by atoms with Gasteiger partial charge in [0.25, 0.3) is 0 Å². The van der Waals surface area contributed by atoms with E-state index in [1.165, 1.54) is 48.2 Å². The largest absolute Gasteiger partial charge is 0.371 e. The van der Waals surface area contributed by atoms with Crippen LogP contribution in [0.2, 0.25) is 0 Å². The molecule has 4 heteroatoms. The van der Waals surface area contributed by atoms with E-state index in [0.717, 1.165) is 18.9 Å². The summed E-state index contributed by atoms with van der Waals surface area (Å²) in [5.74, 6) is 1.02. The van der Waals surface area contributed by atoms with Gasteiger partial charge in [-0.25, -0.2) is 4.98 Å². The monoisotopic (exact) mass is 372 g/mol. The molecule has 4 nitrogen and oxygen atoms in total. The van der Waals surface area contributed by atoms with Crippen LogP contribution in [0.3, 0.4) is 0 Å². The first kappa shape index (κ1) is 17.5. The van der Waals surface area contributed by atoms with Gasteiger partial charge in [0.15, 0.2) is 0 Å². The smallest absolute Gasteiger partial charge is 0.110 e. The third kappa shape index (κ3) is 3.45. The Kier molecular flexibility index (Phi) is 4.65. The number of aryl methyl sites for hydroxylation is 1. The number of nitrogens with zero attached hydrogens (tertiary/aromatic N) is 3. The molecular formula is C24H28N4. The summed E-state index contributed by atoms with van der Waals surface area (Å²) in [7, 11) is 0. The van der Waals surface area contributed by atoms with Crippen LogP contribution in [0.5, 0.6) is 0 Å². The van der Waals surface area contributed by atoms with E-state index in [1.54, 1.807) is 0 Å². The Bertz CT molecular complexity index is 910. The number of fused-ring (bicyclic) bond motifs is 1. The molecule has 0 spiro atoms. The molecule has 1 N–H and O–H groups in total. The van der Waals surface area contributed by atoms with Crippen LogP contribution in [-0.4, -0.2) is 34.7 Å². The van der Waals surface area contributed by atoms with Crippen LogP contribution in [0.25, 0.3) is 5.69 Å². The van der Waals surface area contributed by atoms with Gasteiger partial charge in [0.2, 0.25) is 0 Å². The van der Waals surface area contributed by atoms with Gasteiger partial charge in [-0.2, -0.15) is 0 Å². The highest BCUT2D eigenvalue weighted by Crippen LogP contribution is 2.25. The van der Waals surface area contributed by atoms with Crippen molar-refractivity contribution in [2.45, 2.75) is 44.7 Å². The summed E-state index contributed by atoms with van der Waals surface area (Å²) in [6.45, 7) is 4.29. The van der Waals surface area contributed by atoms with E-state index in [-0.39, 0.29) is 0 Å². The third-order valence-corrected chi connectivity index (χ3v) is 6.34. The van der Waals surface area contributed by atoms with Gasteiger partial charge < -0.3 is 14.8 Å². The van der Waals surface area contributed by atoms with Crippen LogP contribution in [-0.2, 0) is 12.8 Å². The van der Waals surface area contributed by atoms with Gasteiger partial charge >= 0.3 is 0 Å². The van der Waals surface area contributed by atoms with Gasteiger partial charge in [0.1, 0.15) is 5.82 Å². The number of piperidine rings is 1. The van der Waals surface area contributed by atoms with Crippen LogP contribution in [0.1, 0.15) is 29.8 Å². The zero-order valence-corrected chi connectivity index (χ0v) is 16.5. The molecule has 2 aliphatic rings. The number of nitrogens with one attached hydrogen (secondary N) is 1. The molecule has 0 amide bonds. The number of aromatic nitrogens is 2. The predicted octanol–water partition coefficient (Wildman–Crippen LogP) is 3.91. The van der Waals surface area contributed by atoms with Crippen molar-refractivity contribution in [3.63, 3.8) is 0 Å². The van der Waals surface area contributed by atoms with Gasteiger partial charge in [-0.1, -0.05) is 24.3 Å². The summed E-state index contributed by atoms with van der Waals surface area (Å²) in [4.78, 5) is 6.83.